The maximum atomic E-state index is 15.6. The van der Waals surface area contributed by atoms with E-state index in [2.05, 4.69) is 71.5 Å². The lowest BCUT2D eigenvalue weighted by molar-refractivity contribution is 0.0116. The second kappa shape index (κ2) is 15.4. The van der Waals surface area contributed by atoms with Crippen LogP contribution in [-0.2, 0) is 0 Å². The lowest BCUT2D eigenvalue weighted by Crippen LogP contribution is -2.55. The van der Waals surface area contributed by atoms with Crippen molar-refractivity contribution >= 4 is 33.4 Å². The molecule has 2 unspecified atom stereocenters. The second-order valence-electron chi connectivity index (χ2n) is 18.2. The molecule has 0 spiro atoms. The van der Waals surface area contributed by atoms with Crippen molar-refractivity contribution in [2.75, 3.05) is 40.4 Å². The normalized spacial score (nSPS) is 27.1. The van der Waals surface area contributed by atoms with Gasteiger partial charge in [0.15, 0.2) is 11.6 Å². The Morgan fingerprint density at radius 1 is 0.613 bits per heavy atom. The fraction of sp³-hybridized carbons (Fsp3) is 0.333. The van der Waals surface area contributed by atoms with Crippen molar-refractivity contribution in [3.8, 4) is 11.5 Å². The summed E-state index contributed by atoms with van der Waals surface area (Å²) in [6.45, 7) is 12.3. The summed E-state index contributed by atoms with van der Waals surface area (Å²) in [5.74, 6) is 2.63. The number of rotatable bonds is 10. The van der Waals surface area contributed by atoms with E-state index in [9.17, 15) is 0 Å². The minimum absolute atomic E-state index is 0.0835. The van der Waals surface area contributed by atoms with Crippen molar-refractivity contribution < 1.29 is 19.1 Å². The van der Waals surface area contributed by atoms with Crippen molar-refractivity contribution in [2.24, 2.45) is 23.7 Å². The van der Waals surface area contributed by atoms with E-state index in [0.717, 1.165) is 107 Å². The second-order valence-corrected chi connectivity index (χ2v) is 18.2. The Bertz CT molecular complexity index is 2630. The Morgan fingerprint density at radius 2 is 1.06 bits per heavy atom. The van der Waals surface area contributed by atoms with E-state index >= 15 is 9.59 Å². The highest BCUT2D eigenvalue weighted by atomic mass is 16.5. The van der Waals surface area contributed by atoms with Crippen molar-refractivity contribution in [3.05, 3.63) is 167 Å². The van der Waals surface area contributed by atoms with Gasteiger partial charge in [0.1, 0.15) is 11.5 Å². The molecule has 4 bridgehead atoms. The SMILES string of the molecule is C=C[C@@H]1CN2CC[C@H]1C[C@@H]2[C@H](c1ccc([C@@H](c2ccnc3ccc(OC)cc23)[C@H]2C[C@@H]3CCN2C[C@H]3C=C)c2c1C(=O)c1ccccc1C2=O)c1ccnc2ccc(OC)cc12. The lowest BCUT2D eigenvalue weighted by Gasteiger charge is -2.52. The molecule has 2 aromatic heterocycles. The Morgan fingerprint density at radius 3 is 1.45 bits per heavy atom. The molecule has 8 heterocycles. The largest absolute Gasteiger partial charge is 0.497 e. The monoisotopic (exact) mass is 820 g/mol. The van der Waals surface area contributed by atoms with Gasteiger partial charge in [-0.3, -0.25) is 29.4 Å². The third kappa shape index (κ3) is 6.09. The van der Waals surface area contributed by atoms with Gasteiger partial charge < -0.3 is 9.47 Å². The molecule has 10 atom stereocenters. The van der Waals surface area contributed by atoms with Gasteiger partial charge in [0.2, 0.25) is 0 Å². The average Bonchev–Trinajstić information content (AvgIpc) is 3.33. The number of carbonyl (C=O) groups excluding carboxylic acids is 2. The number of piperidine rings is 6. The van der Waals surface area contributed by atoms with Gasteiger partial charge >= 0.3 is 0 Å². The molecule has 4 aromatic carbocycles. The molecule has 7 aliphatic rings. The lowest BCUT2D eigenvalue weighted by atomic mass is 9.65. The summed E-state index contributed by atoms with van der Waals surface area (Å²) in [4.78, 5) is 46.2. The molecule has 312 valence electrons. The molecular weight excluding hydrogens is 769 g/mol. The average molecular weight is 821 g/mol. The van der Waals surface area contributed by atoms with E-state index in [1.54, 1.807) is 14.2 Å². The summed E-state index contributed by atoms with van der Waals surface area (Å²) < 4.78 is 11.6. The van der Waals surface area contributed by atoms with E-state index in [1.807, 2.05) is 60.9 Å². The number of pyridine rings is 2. The fourth-order valence-corrected chi connectivity index (χ4v) is 12.5. The maximum absolute atomic E-state index is 15.6. The zero-order valence-electron chi connectivity index (χ0n) is 35.5. The third-order valence-electron chi connectivity index (χ3n) is 15.5. The summed E-state index contributed by atoms with van der Waals surface area (Å²) in [6, 6.07) is 28.4. The highest BCUT2D eigenvalue weighted by Crippen LogP contribution is 2.51. The van der Waals surface area contributed by atoms with E-state index in [0.29, 0.717) is 45.9 Å². The minimum Gasteiger partial charge on any atom is -0.497 e. The molecule has 6 fully saturated rings. The first-order valence-electron chi connectivity index (χ1n) is 22.3. The van der Waals surface area contributed by atoms with E-state index in [4.69, 9.17) is 19.4 Å². The van der Waals surface area contributed by atoms with Crippen LogP contribution in [0.4, 0.5) is 0 Å². The number of hydrogen-bond donors (Lipinski definition) is 0. The van der Waals surface area contributed by atoms with Crippen LogP contribution in [0.2, 0.25) is 0 Å². The maximum Gasteiger partial charge on any atom is 0.194 e. The molecule has 8 heteroatoms. The number of ether oxygens (including phenoxy) is 2. The first-order valence-corrected chi connectivity index (χ1v) is 22.3. The van der Waals surface area contributed by atoms with Crippen LogP contribution in [0.3, 0.4) is 0 Å². The molecule has 1 aliphatic carbocycles. The van der Waals surface area contributed by atoms with E-state index in [1.165, 1.54) is 0 Å². The number of nitrogens with zero attached hydrogens (tertiary/aromatic N) is 4. The first kappa shape index (κ1) is 38.9. The van der Waals surface area contributed by atoms with Gasteiger partial charge in [-0.1, -0.05) is 48.6 Å². The van der Waals surface area contributed by atoms with Crippen LogP contribution in [0.15, 0.2) is 123 Å². The van der Waals surface area contributed by atoms with Crippen LogP contribution in [0.5, 0.6) is 11.5 Å². The Hall–Kier alpha value is -5.96. The number of hydrogen-bond acceptors (Lipinski definition) is 8. The molecular formula is C54H52N4O4. The predicted molar refractivity (Wildman–Crippen MR) is 244 cm³/mol. The Kier molecular flexibility index (Phi) is 9.69. The number of fused-ring (bicyclic) bond motifs is 10. The standard InChI is InChI=1S/C54H52N4O4/c1-5-31-29-57-23-19-33(31)25-47(57)49(37-17-21-55-45-15-11-35(61-3)27-43(37)45)41-13-14-42(52-51(41)53(59)39-9-7-8-10-40(39)54(52)60)50(48-26-34-20-24-58(48)30-32(34)6-2)38-18-22-56-46-16-12-36(62-4)28-44(38)46/h5-18,21-22,27-28,31-34,47-50H,1-2,19-20,23-26,29-30H2,3-4H3/t31-,32-,33+,34+,47-,48-,49-,50+/m1/s1. The van der Waals surface area contributed by atoms with Crippen molar-refractivity contribution in [3.63, 3.8) is 0 Å². The van der Waals surface area contributed by atoms with Crippen LogP contribution in [0.25, 0.3) is 21.8 Å². The molecule has 6 aliphatic heterocycles. The van der Waals surface area contributed by atoms with Gasteiger partial charge in [-0.15, -0.1) is 13.2 Å². The van der Waals surface area contributed by atoms with Crippen LogP contribution in [0.1, 0.15) is 91.6 Å². The van der Waals surface area contributed by atoms with Crippen molar-refractivity contribution in [1.29, 1.82) is 0 Å². The molecule has 6 aromatic rings. The van der Waals surface area contributed by atoms with Crippen LogP contribution < -0.4 is 9.47 Å². The number of aromatic nitrogens is 2. The van der Waals surface area contributed by atoms with Crippen LogP contribution in [0, 0.1) is 23.7 Å². The van der Waals surface area contributed by atoms with Crippen LogP contribution >= 0.6 is 0 Å². The Balaban J connectivity index is 1.20. The van der Waals surface area contributed by atoms with E-state index < -0.39 is 0 Å². The zero-order valence-corrected chi connectivity index (χ0v) is 35.5. The fourth-order valence-electron chi connectivity index (χ4n) is 12.5. The predicted octanol–water partition coefficient (Wildman–Crippen LogP) is 9.63. The quantitative estimate of drug-likeness (QED) is 0.126. The molecule has 0 N–H and O–H groups in total. The summed E-state index contributed by atoms with van der Waals surface area (Å²) in [5, 5.41) is 1.98. The van der Waals surface area contributed by atoms with E-state index in [-0.39, 0.29) is 35.5 Å². The molecule has 6 saturated heterocycles. The molecule has 62 heavy (non-hydrogen) atoms. The summed E-state index contributed by atoms with van der Waals surface area (Å²) in [5.41, 5.74) is 7.71. The molecule has 8 nitrogen and oxygen atoms in total. The van der Waals surface area contributed by atoms with Crippen LogP contribution in [-0.4, -0.2) is 83.8 Å². The van der Waals surface area contributed by atoms with Gasteiger partial charge in [0.05, 0.1) is 25.3 Å². The Labute approximate surface area is 363 Å². The highest BCUT2D eigenvalue weighted by Gasteiger charge is 2.48. The number of ketones is 2. The highest BCUT2D eigenvalue weighted by molar-refractivity contribution is 6.29. The van der Waals surface area contributed by atoms with Gasteiger partial charge in [0.25, 0.3) is 0 Å². The molecule has 0 amide bonds. The third-order valence-corrected chi connectivity index (χ3v) is 15.5. The smallest absolute Gasteiger partial charge is 0.194 e. The van der Waals surface area contributed by atoms with Crippen molar-refractivity contribution in [1.82, 2.24) is 19.8 Å². The van der Waals surface area contributed by atoms with Crippen molar-refractivity contribution in [2.45, 2.75) is 49.6 Å². The number of methoxy groups -OCH3 is 2. The van der Waals surface area contributed by atoms with Gasteiger partial charge in [0, 0.05) is 82.4 Å². The summed E-state index contributed by atoms with van der Waals surface area (Å²) >= 11 is 0. The zero-order chi connectivity index (χ0) is 42.2. The topological polar surface area (TPSA) is 84.9 Å². The number of benzene rings is 4. The summed E-state index contributed by atoms with van der Waals surface area (Å²) in [6.07, 6.45) is 12.2. The van der Waals surface area contributed by atoms with Gasteiger partial charge in [-0.2, -0.15) is 0 Å². The molecule has 0 radical (unpaired) electrons. The first-order chi connectivity index (χ1) is 30.4. The van der Waals surface area contributed by atoms with Gasteiger partial charge in [-0.05, 0) is 133 Å². The molecule has 13 rings (SSSR count). The number of carbonyl (C=O) groups is 2. The molecule has 0 saturated carbocycles. The summed E-state index contributed by atoms with van der Waals surface area (Å²) in [7, 11) is 3.38. The minimum atomic E-state index is -0.238. The van der Waals surface area contributed by atoms with Gasteiger partial charge in [-0.25, -0.2) is 0 Å².